The molecule has 0 spiro atoms. The maximum Gasteiger partial charge on any atom is 0.131 e. The molecule has 0 bridgehead atoms. The molecule has 5 nitrogen and oxygen atoms in total. The number of aryl methyl sites for hydroxylation is 1. The molecule has 1 saturated heterocycles. The Morgan fingerprint density at radius 2 is 1.92 bits per heavy atom. The molecule has 0 amide bonds. The number of imidazole rings is 1. The number of nitrogens with zero attached hydrogens (tertiary/aromatic N) is 2. The minimum atomic E-state index is 0.0754. The van der Waals surface area contributed by atoms with Crippen molar-refractivity contribution in [1.82, 2.24) is 25.7 Å². The summed E-state index contributed by atoms with van der Waals surface area (Å²) in [6.07, 6.45) is 0. The van der Waals surface area contributed by atoms with Crippen molar-refractivity contribution in [2.45, 2.75) is 19.0 Å². The van der Waals surface area contributed by atoms with Gasteiger partial charge in [-0.15, -0.1) is 0 Å². The average Bonchev–Trinajstić information content (AvgIpc) is 3.20. The highest BCUT2D eigenvalue weighted by molar-refractivity contribution is 5.76. The van der Waals surface area contributed by atoms with E-state index in [0.717, 1.165) is 29.9 Å². The van der Waals surface area contributed by atoms with Gasteiger partial charge in [0.1, 0.15) is 5.82 Å². The zero-order chi connectivity index (χ0) is 17.2. The van der Waals surface area contributed by atoms with Gasteiger partial charge in [-0.2, -0.15) is 0 Å². The van der Waals surface area contributed by atoms with Crippen LogP contribution in [0.15, 0.2) is 54.6 Å². The van der Waals surface area contributed by atoms with Gasteiger partial charge in [-0.1, -0.05) is 42.5 Å². The van der Waals surface area contributed by atoms with Crippen LogP contribution in [0.1, 0.15) is 24.4 Å². The summed E-state index contributed by atoms with van der Waals surface area (Å²) in [5.74, 6) is 1.61. The Balaban J connectivity index is 1.68. The van der Waals surface area contributed by atoms with Gasteiger partial charge in [-0.25, -0.2) is 4.98 Å². The van der Waals surface area contributed by atoms with E-state index in [0.29, 0.717) is 12.0 Å². The monoisotopic (exact) mass is 335 g/mol. The van der Waals surface area contributed by atoms with Gasteiger partial charge in [0.05, 0.1) is 17.1 Å². The summed E-state index contributed by atoms with van der Waals surface area (Å²) in [7, 11) is 2.10. The van der Waals surface area contributed by atoms with Gasteiger partial charge >= 0.3 is 0 Å². The van der Waals surface area contributed by atoms with Crippen molar-refractivity contribution in [3.8, 4) is 0 Å². The summed E-state index contributed by atoms with van der Waals surface area (Å²) < 4.78 is 2.20. The fraction of sp³-hybridized carbons (Fsp3) is 0.350. The van der Waals surface area contributed by atoms with Crippen LogP contribution in [0.3, 0.4) is 0 Å². The predicted octanol–water partition coefficient (Wildman–Crippen LogP) is 2.36. The lowest BCUT2D eigenvalue weighted by Gasteiger charge is -2.22. The molecule has 25 heavy (non-hydrogen) atoms. The van der Waals surface area contributed by atoms with Gasteiger partial charge in [0.2, 0.25) is 0 Å². The molecular weight excluding hydrogens is 310 g/mol. The van der Waals surface area contributed by atoms with E-state index in [1.807, 2.05) is 6.07 Å². The summed E-state index contributed by atoms with van der Waals surface area (Å²) in [4.78, 5) is 4.92. The first-order chi connectivity index (χ1) is 12.2. The van der Waals surface area contributed by atoms with Gasteiger partial charge in [0, 0.05) is 32.1 Å². The molecule has 1 aliphatic rings. The average molecular weight is 335 g/mol. The van der Waals surface area contributed by atoms with E-state index >= 15 is 0 Å². The Morgan fingerprint density at radius 3 is 2.64 bits per heavy atom. The molecule has 1 aliphatic heterocycles. The van der Waals surface area contributed by atoms with Crippen LogP contribution in [0.4, 0.5) is 0 Å². The van der Waals surface area contributed by atoms with Gasteiger partial charge < -0.3 is 9.88 Å². The van der Waals surface area contributed by atoms with Crippen LogP contribution in [0.2, 0.25) is 0 Å². The van der Waals surface area contributed by atoms with Gasteiger partial charge in [0.25, 0.3) is 0 Å². The minimum Gasteiger partial charge on any atom is -0.330 e. The van der Waals surface area contributed by atoms with E-state index in [1.54, 1.807) is 0 Å². The molecule has 3 N–H and O–H groups in total. The van der Waals surface area contributed by atoms with E-state index < -0.39 is 0 Å². The normalized spacial score (nSPS) is 21.7. The lowest BCUT2D eigenvalue weighted by Crippen LogP contribution is -2.35. The Labute approximate surface area is 148 Å². The number of hydrogen-bond donors (Lipinski definition) is 3. The number of para-hydroxylation sites is 2. The third kappa shape index (κ3) is 3.18. The van der Waals surface area contributed by atoms with Crippen molar-refractivity contribution < 1.29 is 0 Å². The maximum atomic E-state index is 4.92. The van der Waals surface area contributed by atoms with E-state index in [-0.39, 0.29) is 6.04 Å². The molecule has 3 unspecified atom stereocenters. The Kier molecular flexibility index (Phi) is 4.53. The highest BCUT2D eigenvalue weighted by Crippen LogP contribution is 2.25. The molecule has 1 aromatic heterocycles. The number of hydrogen-bond acceptors (Lipinski definition) is 4. The van der Waals surface area contributed by atoms with Crippen LogP contribution in [-0.2, 0) is 7.05 Å². The molecule has 2 aromatic carbocycles. The highest BCUT2D eigenvalue weighted by Gasteiger charge is 2.26. The van der Waals surface area contributed by atoms with Crippen LogP contribution in [0.25, 0.3) is 11.0 Å². The van der Waals surface area contributed by atoms with Crippen LogP contribution < -0.4 is 16.2 Å². The SMILES string of the molecule is CC1NNCC1CNC(c1ccccc1)c1nc2ccccc2n1C. The number of fused-ring (bicyclic) bond motifs is 1. The smallest absolute Gasteiger partial charge is 0.131 e. The van der Waals surface area contributed by atoms with Crippen molar-refractivity contribution in [3.05, 3.63) is 66.0 Å². The van der Waals surface area contributed by atoms with Gasteiger partial charge in [-0.3, -0.25) is 10.9 Å². The molecule has 130 valence electrons. The molecule has 0 saturated carbocycles. The number of hydrazine groups is 1. The van der Waals surface area contributed by atoms with Crippen LogP contribution in [0, 0.1) is 5.92 Å². The number of nitrogens with one attached hydrogen (secondary N) is 3. The fourth-order valence-corrected chi connectivity index (χ4v) is 3.59. The predicted molar refractivity (Wildman–Crippen MR) is 101 cm³/mol. The largest absolute Gasteiger partial charge is 0.330 e. The van der Waals surface area contributed by atoms with E-state index in [9.17, 15) is 0 Å². The van der Waals surface area contributed by atoms with E-state index in [4.69, 9.17) is 4.98 Å². The first-order valence-electron chi connectivity index (χ1n) is 8.92. The van der Waals surface area contributed by atoms with Crippen LogP contribution in [-0.4, -0.2) is 28.7 Å². The molecule has 1 fully saturated rings. The van der Waals surface area contributed by atoms with Gasteiger partial charge in [0.15, 0.2) is 0 Å². The van der Waals surface area contributed by atoms with Crippen LogP contribution in [0.5, 0.6) is 0 Å². The van der Waals surface area contributed by atoms with E-state index in [1.165, 1.54) is 5.56 Å². The summed E-state index contributed by atoms with van der Waals surface area (Å²) in [5, 5.41) is 3.76. The second-order valence-electron chi connectivity index (χ2n) is 6.84. The zero-order valence-electron chi connectivity index (χ0n) is 14.7. The molecule has 0 aliphatic carbocycles. The molecule has 0 radical (unpaired) electrons. The summed E-state index contributed by atoms with van der Waals surface area (Å²) in [6, 6.07) is 19.4. The first kappa shape index (κ1) is 16.3. The van der Waals surface area contributed by atoms with Gasteiger partial charge in [-0.05, 0) is 24.6 Å². The quantitative estimate of drug-likeness (QED) is 0.670. The highest BCUT2D eigenvalue weighted by atomic mass is 15.4. The van der Waals surface area contributed by atoms with Crippen molar-refractivity contribution >= 4 is 11.0 Å². The number of benzene rings is 2. The summed E-state index contributed by atoms with van der Waals surface area (Å²) in [5.41, 5.74) is 9.99. The Hall–Kier alpha value is -2.21. The Morgan fingerprint density at radius 1 is 1.16 bits per heavy atom. The molecule has 3 atom stereocenters. The van der Waals surface area contributed by atoms with Crippen LogP contribution >= 0.6 is 0 Å². The van der Waals surface area contributed by atoms with Crippen molar-refractivity contribution in [3.63, 3.8) is 0 Å². The van der Waals surface area contributed by atoms with Crippen molar-refractivity contribution in [1.29, 1.82) is 0 Å². The molecule has 3 aromatic rings. The Bertz CT molecular complexity index is 842. The topological polar surface area (TPSA) is 53.9 Å². The second-order valence-corrected chi connectivity index (χ2v) is 6.84. The van der Waals surface area contributed by atoms with Crippen molar-refractivity contribution in [2.75, 3.05) is 13.1 Å². The number of rotatable bonds is 5. The number of aromatic nitrogens is 2. The molecule has 2 heterocycles. The maximum absolute atomic E-state index is 4.92. The summed E-state index contributed by atoms with van der Waals surface area (Å²) in [6.45, 7) is 4.14. The molecule has 4 rings (SSSR count). The third-order valence-corrected chi connectivity index (χ3v) is 5.20. The molecule has 5 heteroatoms. The second kappa shape index (κ2) is 6.96. The minimum absolute atomic E-state index is 0.0754. The fourth-order valence-electron chi connectivity index (χ4n) is 3.59. The third-order valence-electron chi connectivity index (χ3n) is 5.20. The summed E-state index contributed by atoms with van der Waals surface area (Å²) >= 11 is 0. The first-order valence-corrected chi connectivity index (χ1v) is 8.92. The zero-order valence-corrected chi connectivity index (χ0v) is 14.7. The molecular formula is C20H25N5. The van der Waals surface area contributed by atoms with E-state index in [2.05, 4.69) is 83.2 Å². The lowest BCUT2D eigenvalue weighted by molar-refractivity contribution is 0.428. The lowest BCUT2D eigenvalue weighted by atomic mass is 10.0. The standard InChI is InChI=1S/C20H25N5/c1-14-16(13-22-24-14)12-21-19(15-8-4-3-5-9-15)20-23-17-10-6-7-11-18(17)25(20)2/h3-11,14,16,19,21-22,24H,12-13H2,1-2H3. The van der Waals surface area contributed by atoms with Crippen molar-refractivity contribution in [2.24, 2.45) is 13.0 Å².